The van der Waals surface area contributed by atoms with Gasteiger partial charge in [-0.3, -0.25) is 4.79 Å². The lowest BCUT2D eigenvalue weighted by atomic mass is 10.0. The van der Waals surface area contributed by atoms with Gasteiger partial charge in [-0.15, -0.1) is 11.6 Å². The summed E-state index contributed by atoms with van der Waals surface area (Å²) in [5, 5.41) is 9.35. The summed E-state index contributed by atoms with van der Waals surface area (Å²) in [7, 11) is 0. The Morgan fingerprint density at radius 3 is 2.65 bits per heavy atom. The van der Waals surface area contributed by atoms with Crippen LogP contribution in [0.15, 0.2) is 12.1 Å². The number of ether oxygens (including phenoxy) is 1. The minimum Gasteiger partial charge on any atom is -0.490 e. The number of halogens is 1. The van der Waals surface area contributed by atoms with Crippen molar-refractivity contribution in [2.75, 3.05) is 12.5 Å². The molecule has 0 saturated carbocycles. The summed E-state index contributed by atoms with van der Waals surface area (Å²) in [6.45, 7) is 5.39. The summed E-state index contributed by atoms with van der Waals surface area (Å²) in [5.74, 6) is 0.581. The molecule has 0 radical (unpaired) electrons. The Hall–Kier alpha value is -1.06. The third-order valence-corrected chi connectivity index (χ3v) is 2.76. The number of aryl methyl sites for hydroxylation is 2. The van der Waals surface area contributed by atoms with Gasteiger partial charge in [0, 0.05) is 0 Å². The predicted molar refractivity (Wildman–Crippen MR) is 68.1 cm³/mol. The van der Waals surface area contributed by atoms with E-state index in [1.54, 1.807) is 6.07 Å². The van der Waals surface area contributed by atoms with Crippen molar-refractivity contribution < 1.29 is 14.6 Å². The minimum absolute atomic E-state index is 0.0436. The van der Waals surface area contributed by atoms with Crippen LogP contribution in [0.2, 0.25) is 0 Å². The number of aliphatic hydroxyl groups is 1. The van der Waals surface area contributed by atoms with Gasteiger partial charge in [0.05, 0.1) is 11.4 Å². The van der Waals surface area contributed by atoms with E-state index in [-0.39, 0.29) is 18.3 Å². The highest BCUT2D eigenvalue weighted by atomic mass is 35.5. The molecule has 0 fully saturated rings. The molecule has 1 aromatic rings. The molecule has 17 heavy (non-hydrogen) atoms. The summed E-state index contributed by atoms with van der Waals surface area (Å²) < 4.78 is 5.46. The van der Waals surface area contributed by atoms with Crippen LogP contribution in [-0.4, -0.2) is 29.5 Å². The number of carbonyl (C=O) groups excluding carboxylic acids is 1. The first-order valence-electron chi connectivity index (χ1n) is 5.44. The van der Waals surface area contributed by atoms with E-state index >= 15 is 0 Å². The second kappa shape index (κ2) is 6.03. The Labute approximate surface area is 106 Å². The zero-order valence-corrected chi connectivity index (χ0v) is 11.0. The Kier molecular flexibility index (Phi) is 4.97. The number of aliphatic hydroxyl groups excluding tert-OH is 1. The first-order valence-corrected chi connectivity index (χ1v) is 5.98. The van der Waals surface area contributed by atoms with Crippen LogP contribution in [0.4, 0.5) is 0 Å². The number of rotatable bonds is 5. The number of ketones is 1. The first kappa shape index (κ1) is 14.0. The van der Waals surface area contributed by atoms with Crippen molar-refractivity contribution >= 4 is 17.4 Å². The van der Waals surface area contributed by atoms with Gasteiger partial charge in [-0.05, 0) is 38.0 Å². The van der Waals surface area contributed by atoms with Crippen molar-refractivity contribution in [2.24, 2.45) is 0 Å². The van der Waals surface area contributed by atoms with Gasteiger partial charge in [0.2, 0.25) is 0 Å². The van der Waals surface area contributed by atoms with E-state index < -0.39 is 6.10 Å². The summed E-state index contributed by atoms with van der Waals surface area (Å²) in [6.07, 6.45) is -0.725. The molecule has 0 spiro atoms. The van der Waals surface area contributed by atoms with Gasteiger partial charge in [0.1, 0.15) is 18.5 Å². The molecule has 0 aliphatic heterocycles. The van der Waals surface area contributed by atoms with E-state index in [1.807, 2.05) is 19.9 Å². The van der Waals surface area contributed by atoms with Crippen LogP contribution in [-0.2, 0) is 0 Å². The molecule has 0 aromatic heterocycles. The molecule has 0 saturated heterocycles. The number of Topliss-reactive ketones (excluding diaryl/α,β-unsaturated/α-hetero) is 1. The molecule has 4 heteroatoms. The summed E-state index contributed by atoms with van der Waals surface area (Å²) in [5.41, 5.74) is 2.47. The zero-order valence-electron chi connectivity index (χ0n) is 10.3. The van der Waals surface area contributed by atoms with E-state index in [4.69, 9.17) is 16.3 Å². The van der Waals surface area contributed by atoms with Crippen LogP contribution in [0, 0.1) is 13.8 Å². The van der Waals surface area contributed by atoms with Crippen LogP contribution in [0.5, 0.6) is 5.75 Å². The molecule has 3 nitrogen and oxygen atoms in total. The van der Waals surface area contributed by atoms with Crippen LogP contribution in [0.25, 0.3) is 0 Å². The molecule has 0 heterocycles. The maximum atomic E-state index is 11.5. The van der Waals surface area contributed by atoms with Crippen molar-refractivity contribution in [3.63, 3.8) is 0 Å². The average molecular weight is 257 g/mol. The molecule has 0 aliphatic carbocycles. The van der Waals surface area contributed by atoms with Gasteiger partial charge in [-0.2, -0.15) is 0 Å². The fourth-order valence-corrected chi connectivity index (χ4v) is 1.81. The summed E-state index contributed by atoms with van der Waals surface area (Å²) in [6, 6.07) is 3.73. The van der Waals surface area contributed by atoms with Crippen LogP contribution in [0.1, 0.15) is 28.4 Å². The SMILES string of the molecule is CC(=O)c1c(C)cc(C)cc1OC[C@H](O)CCl. The molecular weight excluding hydrogens is 240 g/mol. The molecule has 1 rings (SSSR count). The molecular formula is C13H17ClO3. The number of hydrogen-bond donors (Lipinski definition) is 1. The van der Waals surface area contributed by atoms with E-state index in [0.29, 0.717) is 11.3 Å². The number of alkyl halides is 1. The summed E-state index contributed by atoms with van der Waals surface area (Å²) in [4.78, 5) is 11.5. The van der Waals surface area contributed by atoms with Crippen LogP contribution >= 0.6 is 11.6 Å². The van der Waals surface area contributed by atoms with E-state index in [0.717, 1.165) is 11.1 Å². The molecule has 0 amide bonds. The topological polar surface area (TPSA) is 46.5 Å². The van der Waals surface area contributed by atoms with Crippen molar-refractivity contribution in [1.29, 1.82) is 0 Å². The number of carbonyl (C=O) groups is 1. The smallest absolute Gasteiger partial charge is 0.163 e. The molecule has 0 unspecified atom stereocenters. The highest BCUT2D eigenvalue weighted by Gasteiger charge is 2.14. The Bertz CT molecular complexity index is 415. The monoisotopic (exact) mass is 256 g/mol. The maximum Gasteiger partial charge on any atom is 0.163 e. The molecule has 0 aliphatic rings. The second-order valence-electron chi connectivity index (χ2n) is 4.13. The molecule has 1 N–H and O–H groups in total. The van der Waals surface area contributed by atoms with Crippen molar-refractivity contribution in [3.05, 3.63) is 28.8 Å². The van der Waals surface area contributed by atoms with Gasteiger partial charge in [-0.25, -0.2) is 0 Å². The second-order valence-corrected chi connectivity index (χ2v) is 4.44. The quantitative estimate of drug-likeness (QED) is 0.650. The maximum absolute atomic E-state index is 11.5. The predicted octanol–water partition coefficient (Wildman–Crippen LogP) is 2.48. The van der Waals surface area contributed by atoms with Crippen molar-refractivity contribution in [1.82, 2.24) is 0 Å². The zero-order chi connectivity index (χ0) is 13.0. The number of hydrogen-bond acceptors (Lipinski definition) is 3. The largest absolute Gasteiger partial charge is 0.490 e. The lowest BCUT2D eigenvalue weighted by Gasteiger charge is -2.15. The summed E-state index contributed by atoms with van der Waals surface area (Å²) >= 11 is 5.49. The van der Waals surface area contributed by atoms with Crippen LogP contribution in [0.3, 0.4) is 0 Å². The third-order valence-electron chi connectivity index (χ3n) is 2.41. The highest BCUT2D eigenvalue weighted by molar-refractivity contribution is 6.18. The standard InChI is InChI=1S/C13H17ClO3/c1-8-4-9(2)13(10(3)15)12(5-8)17-7-11(16)6-14/h4-5,11,16H,6-7H2,1-3H3/t11-/m1/s1. The average Bonchev–Trinajstić information content (AvgIpc) is 2.24. The van der Waals surface area contributed by atoms with E-state index in [2.05, 4.69) is 0 Å². The third kappa shape index (κ3) is 3.72. The molecule has 94 valence electrons. The Morgan fingerprint density at radius 1 is 1.47 bits per heavy atom. The molecule has 1 aromatic carbocycles. The lowest BCUT2D eigenvalue weighted by Crippen LogP contribution is -2.20. The van der Waals surface area contributed by atoms with E-state index in [1.165, 1.54) is 6.92 Å². The Morgan fingerprint density at radius 2 is 2.12 bits per heavy atom. The molecule has 1 atom stereocenters. The van der Waals surface area contributed by atoms with Gasteiger partial charge in [0.15, 0.2) is 5.78 Å². The van der Waals surface area contributed by atoms with E-state index in [9.17, 15) is 9.90 Å². The highest BCUT2D eigenvalue weighted by Crippen LogP contribution is 2.25. The van der Waals surface area contributed by atoms with Gasteiger partial charge < -0.3 is 9.84 Å². The normalized spacial score (nSPS) is 12.3. The first-order chi connectivity index (χ1) is 7.95. The minimum atomic E-state index is -0.725. The number of benzene rings is 1. The lowest BCUT2D eigenvalue weighted by molar-refractivity contribution is 0.0996. The van der Waals surface area contributed by atoms with Gasteiger partial charge in [0.25, 0.3) is 0 Å². The molecule has 0 bridgehead atoms. The van der Waals surface area contributed by atoms with Crippen molar-refractivity contribution in [3.8, 4) is 5.75 Å². The van der Waals surface area contributed by atoms with Crippen molar-refractivity contribution in [2.45, 2.75) is 26.9 Å². The van der Waals surface area contributed by atoms with Crippen LogP contribution < -0.4 is 4.74 Å². The fraction of sp³-hybridized carbons (Fsp3) is 0.462. The van der Waals surface area contributed by atoms with Gasteiger partial charge in [-0.1, -0.05) is 6.07 Å². The fourth-order valence-electron chi connectivity index (χ4n) is 1.72. The van der Waals surface area contributed by atoms with Gasteiger partial charge >= 0.3 is 0 Å². The Balaban J connectivity index is 3.00.